The third kappa shape index (κ3) is 4.99. The lowest BCUT2D eigenvalue weighted by Crippen LogP contribution is -2.51. The molecule has 1 saturated heterocycles. The summed E-state index contributed by atoms with van der Waals surface area (Å²) >= 11 is 7.30. The van der Waals surface area contributed by atoms with Crippen molar-refractivity contribution in [1.82, 2.24) is 14.8 Å². The summed E-state index contributed by atoms with van der Waals surface area (Å²) in [5.41, 5.74) is -0.904. The minimum Gasteiger partial charge on any atom is -0.352 e. The van der Waals surface area contributed by atoms with Gasteiger partial charge in [0.2, 0.25) is 5.91 Å². The van der Waals surface area contributed by atoms with Crippen molar-refractivity contribution in [1.29, 1.82) is 0 Å². The van der Waals surface area contributed by atoms with E-state index in [1.165, 1.54) is 16.2 Å². The minimum atomic E-state index is -4.51. The lowest BCUT2D eigenvalue weighted by Gasteiger charge is -2.36. The van der Waals surface area contributed by atoms with Crippen LogP contribution in [-0.2, 0) is 11.0 Å². The normalized spacial score (nSPS) is 14.8. The van der Waals surface area contributed by atoms with Crippen molar-refractivity contribution >= 4 is 40.6 Å². The molecule has 1 aliphatic rings. The Labute approximate surface area is 174 Å². The Hall–Kier alpha value is -2.33. The van der Waals surface area contributed by atoms with E-state index in [1.54, 1.807) is 34.4 Å². The van der Waals surface area contributed by atoms with Gasteiger partial charge in [-0.15, -0.1) is 11.3 Å². The molecule has 0 unspecified atom stereocenters. The molecule has 0 radical (unpaired) electrons. The van der Waals surface area contributed by atoms with Crippen molar-refractivity contribution in [2.24, 2.45) is 0 Å². The van der Waals surface area contributed by atoms with E-state index in [0.717, 1.165) is 12.3 Å². The van der Waals surface area contributed by atoms with Gasteiger partial charge in [-0.25, -0.2) is 4.98 Å². The van der Waals surface area contributed by atoms with Crippen LogP contribution < -0.4 is 4.90 Å². The predicted octanol–water partition coefficient (Wildman–Crippen LogP) is 3.24. The van der Waals surface area contributed by atoms with Gasteiger partial charge in [0.05, 0.1) is 22.0 Å². The molecule has 0 spiro atoms. The molecule has 0 saturated carbocycles. The smallest absolute Gasteiger partial charge is 0.352 e. The van der Waals surface area contributed by atoms with Gasteiger partial charge in [0.15, 0.2) is 0 Å². The fourth-order valence-electron chi connectivity index (χ4n) is 2.95. The molecule has 0 aromatic carbocycles. The van der Waals surface area contributed by atoms with Gasteiger partial charge in [-0.1, -0.05) is 17.7 Å². The Morgan fingerprint density at radius 1 is 1.28 bits per heavy atom. The number of aromatic nitrogens is 1. The van der Waals surface area contributed by atoms with Crippen molar-refractivity contribution < 1.29 is 22.8 Å². The number of hydrogen-bond acceptors (Lipinski definition) is 5. The van der Waals surface area contributed by atoms with E-state index in [4.69, 9.17) is 11.6 Å². The Morgan fingerprint density at radius 3 is 2.52 bits per heavy atom. The maximum Gasteiger partial charge on any atom is 0.417 e. The zero-order valence-electron chi connectivity index (χ0n) is 15.4. The lowest BCUT2D eigenvalue weighted by molar-refractivity contribution is -0.137. The van der Waals surface area contributed by atoms with Crippen LogP contribution in [0.5, 0.6) is 0 Å². The molecule has 0 bridgehead atoms. The first kappa shape index (κ1) is 21.4. The molecule has 1 aliphatic heterocycles. The number of rotatable bonds is 4. The van der Waals surface area contributed by atoms with Crippen LogP contribution in [0.4, 0.5) is 19.0 Å². The van der Waals surface area contributed by atoms with Crippen LogP contribution in [-0.4, -0.2) is 66.4 Å². The van der Waals surface area contributed by atoms with E-state index in [2.05, 4.69) is 4.98 Å². The topological polar surface area (TPSA) is 56.8 Å². The highest BCUT2D eigenvalue weighted by atomic mass is 35.5. The monoisotopic (exact) mass is 446 g/mol. The molecule has 3 rings (SSSR count). The zero-order chi connectivity index (χ0) is 21.2. The summed E-state index contributed by atoms with van der Waals surface area (Å²) in [6, 6.07) is 4.33. The van der Waals surface area contributed by atoms with Gasteiger partial charge in [0.25, 0.3) is 5.91 Å². The molecular formula is C18H18ClF3N4O2S. The number of carbonyl (C=O) groups is 2. The lowest BCUT2D eigenvalue weighted by atomic mass is 10.2. The Bertz CT molecular complexity index is 884. The average molecular weight is 447 g/mol. The van der Waals surface area contributed by atoms with Crippen LogP contribution in [0.1, 0.15) is 15.2 Å². The van der Waals surface area contributed by atoms with Crippen molar-refractivity contribution in [3.8, 4) is 0 Å². The Kier molecular flexibility index (Phi) is 6.33. The highest BCUT2D eigenvalue weighted by Crippen LogP contribution is 2.33. The molecule has 1 fully saturated rings. The number of carbonyl (C=O) groups excluding carboxylic acids is 2. The van der Waals surface area contributed by atoms with Gasteiger partial charge in [0, 0.05) is 39.4 Å². The zero-order valence-corrected chi connectivity index (χ0v) is 17.0. The van der Waals surface area contributed by atoms with Crippen molar-refractivity contribution in [3.63, 3.8) is 0 Å². The fourth-order valence-corrected chi connectivity index (χ4v) is 3.95. The van der Waals surface area contributed by atoms with Crippen LogP contribution >= 0.6 is 22.9 Å². The predicted molar refractivity (Wildman–Crippen MR) is 104 cm³/mol. The molecule has 0 aliphatic carbocycles. The standard InChI is InChI=1S/C18H18ClF3N4O2S/c1-24(17(28)14-3-2-8-29-14)11-15(27)25-4-6-26(7-5-25)16-13(19)9-12(10-23-16)18(20,21)22/h2-3,8-10H,4-7,11H2,1H3. The number of anilines is 1. The number of hydrogen-bond donors (Lipinski definition) is 0. The first-order chi connectivity index (χ1) is 13.7. The molecule has 6 nitrogen and oxygen atoms in total. The third-order valence-electron chi connectivity index (χ3n) is 4.53. The number of thiophene rings is 1. The maximum atomic E-state index is 12.7. The van der Waals surface area contributed by atoms with Gasteiger partial charge < -0.3 is 14.7 Å². The Morgan fingerprint density at radius 2 is 1.97 bits per heavy atom. The van der Waals surface area contributed by atoms with E-state index in [-0.39, 0.29) is 29.2 Å². The summed E-state index contributed by atoms with van der Waals surface area (Å²) in [6.45, 7) is 1.44. The second-order valence-electron chi connectivity index (χ2n) is 6.53. The van der Waals surface area contributed by atoms with E-state index in [0.29, 0.717) is 31.1 Å². The average Bonchev–Trinajstić information content (AvgIpc) is 3.21. The largest absolute Gasteiger partial charge is 0.417 e. The molecule has 29 heavy (non-hydrogen) atoms. The summed E-state index contributed by atoms with van der Waals surface area (Å²) in [6.07, 6.45) is -3.75. The van der Waals surface area contributed by atoms with E-state index < -0.39 is 11.7 Å². The second kappa shape index (κ2) is 8.58. The number of pyridine rings is 1. The van der Waals surface area contributed by atoms with Crippen LogP contribution in [0.3, 0.4) is 0 Å². The number of likely N-dealkylation sites (N-methyl/N-ethyl adjacent to an activating group) is 1. The number of halogens is 4. The molecule has 3 heterocycles. The highest BCUT2D eigenvalue weighted by molar-refractivity contribution is 7.12. The quantitative estimate of drug-likeness (QED) is 0.723. The van der Waals surface area contributed by atoms with Crippen LogP contribution in [0.2, 0.25) is 5.02 Å². The summed E-state index contributed by atoms with van der Waals surface area (Å²) in [7, 11) is 1.57. The van der Waals surface area contributed by atoms with Gasteiger partial charge in [-0.3, -0.25) is 9.59 Å². The second-order valence-corrected chi connectivity index (χ2v) is 7.89. The van der Waals surface area contributed by atoms with E-state index >= 15 is 0 Å². The molecule has 2 aromatic rings. The number of nitrogens with zero attached hydrogens (tertiary/aromatic N) is 4. The highest BCUT2D eigenvalue weighted by Gasteiger charge is 2.32. The van der Waals surface area contributed by atoms with Gasteiger partial charge in [-0.05, 0) is 17.5 Å². The van der Waals surface area contributed by atoms with Crippen molar-refractivity contribution in [2.45, 2.75) is 6.18 Å². The number of amides is 2. The first-order valence-electron chi connectivity index (χ1n) is 8.71. The molecule has 0 N–H and O–H groups in total. The summed E-state index contributed by atoms with van der Waals surface area (Å²) < 4.78 is 38.2. The first-order valence-corrected chi connectivity index (χ1v) is 9.97. The van der Waals surface area contributed by atoms with Crippen LogP contribution in [0.15, 0.2) is 29.8 Å². The van der Waals surface area contributed by atoms with E-state index in [1.807, 2.05) is 0 Å². The van der Waals surface area contributed by atoms with Crippen LogP contribution in [0, 0.1) is 0 Å². The molecule has 0 atom stereocenters. The third-order valence-corrected chi connectivity index (χ3v) is 5.67. The van der Waals surface area contributed by atoms with Gasteiger partial charge >= 0.3 is 6.18 Å². The molecule has 11 heteroatoms. The summed E-state index contributed by atoms with van der Waals surface area (Å²) in [5.74, 6) is -0.145. The number of alkyl halides is 3. The van der Waals surface area contributed by atoms with Gasteiger partial charge in [0.1, 0.15) is 5.82 Å². The molecule has 2 aromatic heterocycles. The SMILES string of the molecule is CN(CC(=O)N1CCN(c2ncc(C(F)(F)F)cc2Cl)CC1)C(=O)c1cccs1. The summed E-state index contributed by atoms with van der Waals surface area (Å²) in [5, 5.41) is 1.71. The molecule has 156 valence electrons. The van der Waals surface area contributed by atoms with Crippen molar-refractivity contribution in [2.75, 3.05) is 44.7 Å². The summed E-state index contributed by atoms with van der Waals surface area (Å²) in [4.78, 5) is 33.9. The van der Waals surface area contributed by atoms with Crippen molar-refractivity contribution in [3.05, 3.63) is 45.2 Å². The van der Waals surface area contributed by atoms with E-state index in [9.17, 15) is 22.8 Å². The van der Waals surface area contributed by atoms with Crippen LogP contribution in [0.25, 0.3) is 0 Å². The Balaban J connectivity index is 1.56. The van der Waals surface area contributed by atoms with Gasteiger partial charge in [-0.2, -0.15) is 13.2 Å². The minimum absolute atomic E-state index is 0.0456. The molecule has 2 amide bonds. The fraction of sp³-hybridized carbons (Fsp3) is 0.389. The molecular weight excluding hydrogens is 429 g/mol. The maximum absolute atomic E-state index is 12.7. The number of piperazine rings is 1.